The molecule has 0 radical (unpaired) electrons. The average Bonchev–Trinajstić information content (AvgIpc) is 3.13. The smallest absolute Gasteiger partial charge is 0.251 e. The van der Waals surface area contributed by atoms with Crippen LogP contribution in [-0.2, 0) is 24.3 Å². The predicted molar refractivity (Wildman–Crippen MR) is 104 cm³/mol. The van der Waals surface area contributed by atoms with Crippen molar-refractivity contribution >= 4 is 17.5 Å². The number of nitrogens with one attached hydrogen (secondary N) is 2. The summed E-state index contributed by atoms with van der Waals surface area (Å²) in [7, 11) is 0. The number of rotatable bonds is 4. The standard InChI is InChI=1S/C21H24N4O2/c1-14-19(18-8-9-22-11-16(18)12-23-14)13-24-21(27)15-4-6-17(7-5-15)25-10-2-3-20(25)26/h4-7,12,22H,2-3,8-11,13H2,1H3,(H,24,27). The molecule has 2 aromatic rings. The summed E-state index contributed by atoms with van der Waals surface area (Å²) in [5.74, 6) is 0.0405. The number of aryl methyl sites for hydroxylation is 1. The molecule has 1 aromatic heterocycles. The number of fused-ring (bicyclic) bond motifs is 1. The molecule has 2 aliphatic rings. The maximum Gasteiger partial charge on any atom is 0.251 e. The molecule has 1 saturated heterocycles. The summed E-state index contributed by atoms with van der Waals surface area (Å²) in [6.45, 7) is 5.01. The zero-order valence-corrected chi connectivity index (χ0v) is 15.5. The highest BCUT2D eigenvalue weighted by Gasteiger charge is 2.22. The summed E-state index contributed by atoms with van der Waals surface area (Å²) in [4.78, 5) is 30.7. The second-order valence-corrected chi connectivity index (χ2v) is 7.13. The third-order valence-electron chi connectivity index (χ3n) is 5.41. The van der Waals surface area contributed by atoms with Crippen LogP contribution in [0.3, 0.4) is 0 Å². The van der Waals surface area contributed by atoms with Gasteiger partial charge in [-0.05, 0) is 67.3 Å². The highest BCUT2D eigenvalue weighted by molar-refractivity contribution is 5.97. The van der Waals surface area contributed by atoms with E-state index in [2.05, 4.69) is 15.6 Å². The van der Waals surface area contributed by atoms with Crippen LogP contribution in [0.25, 0.3) is 0 Å². The fourth-order valence-electron chi connectivity index (χ4n) is 3.86. The van der Waals surface area contributed by atoms with E-state index in [1.807, 2.05) is 25.3 Å². The van der Waals surface area contributed by atoms with E-state index in [-0.39, 0.29) is 11.8 Å². The summed E-state index contributed by atoms with van der Waals surface area (Å²) in [5, 5.41) is 6.38. The van der Waals surface area contributed by atoms with Crippen LogP contribution in [0.1, 0.15) is 45.6 Å². The van der Waals surface area contributed by atoms with Gasteiger partial charge in [0.2, 0.25) is 5.91 Å². The van der Waals surface area contributed by atoms with Crippen molar-refractivity contribution < 1.29 is 9.59 Å². The zero-order chi connectivity index (χ0) is 18.8. The van der Waals surface area contributed by atoms with Crippen LogP contribution in [0.2, 0.25) is 0 Å². The van der Waals surface area contributed by atoms with Gasteiger partial charge in [0.15, 0.2) is 0 Å². The molecular weight excluding hydrogens is 340 g/mol. The van der Waals surface area contributed by atoms with Crippen molar-refractivity contribution in [2.75, 3.05) is 18.0 Å². The molecule has 0 saturated carbocycles. The molecule has 0 spiro atoms. The molecule has 4 rings (SSSR count). The fraction of sp³-hybridized carbons (Fsp3) is 0.381. The Hall–Kier alpha value is -2.73. The van der Waals surface area contributed by atoms with Crippen molar-refractivity contribution in [1.29, 1.82) is 0 Å². The van der Waals surface area contributed by atoms with E-state index in [0.717, 1.165) is 49.4 Å². The largest absolute Gasteiger partial charge is 0.348 e. The first-order valence-corrected chi connectivity index (χ1v) is 9.49. The molecule has 140 valence electrons. The summed E-state index contributed by atoms with van der Waals surface area (Å²) in [6.07, 6.45) is 4.39. The summed E-state index contributed by atoms with van der Waals surface area (Å²) < 4.78 is 0. The highest BCUT2D eigenvalue weighted by atomic mass is 16.2. The Kier molecular flexibility index (Phi) is 4.90. The molecule has 1 aromatic carbocycles. The molecule has 3 heterocycles. The number of pyridine rings is 1. The lowest BCUT2D eigenvalue weighted by Gasteiger charge is -2.21. The van der Waals surface area contributed by atoms with E-state index in [1.165, 1.54) is 11.1 Å². The first kappa shape index (κ1) is 17.7. The number of amides is 2. The number of hydrogen-bond donors (Lipinski definition) is 2. The molecular formula is C21H24N4O2. The van der Waals surface area contributed by atoms with Crippen molar-refractivity contribution in [3.63, 3.8) is 0 Å². The van der Waals surface area contributed by atoms with Crippen molar-refractivity contribution in [3.8, 4) is 0 Å². The molecule has 0 aliphatic carbocycles. The van der Waals surface area contributed by atoms with Crippen LogP contribution in [-0.4, -0.2) is 29.9 Å². The zero-order valence-electron chi connectivity index (χ0n) is 15.5. The van der Waals surface area contributed by atoms with Gasteiger partial charge in [0.1, 0.15) is 0 Å². The molecule has 1 fully saturated rings. The number of anilines is 1. The normalized spacial score (nSPS) is 16.3. The second-order valence-electron chi connectivity index (χ2n) is 7.13. The Balaban J connectivity index is 1.45. The summed E-state index contributed by atoms with van der Waals surface area (Å²) in [6, 6.07) is 7.26. The van der Waals surface area contributed by atoms with Gasteiger partial charge in [-0.25, -0.2) is 0 Å². The molecule has 2 amide bonds. The predicted octanol–water partition coefficient (Wildman–Crippen LogP) is 2.09. The molecule has 0 unspecified atom stereocenters. The van der Waals surface area contributed by atoms with Crippen molar-refractivity contribution in [1.82, 2.24) is 15.6 Å². The molecule has 0 bridgehead atoms. The Morgan fingerprint density at radius 1 is 1.26 bits per heavy atom. The molecule has 0 atom stereocenters. The van der Waals surface area contributed by atoms with Crippen molar-refractivity contribution in [2.24, 2.45) is 0 Å². The number of carbonyl (C=O) groups is 2. The van der Waals surface area contributed by atoms with Crippen molar-refractivity contribution in [3.05, 3.63) is 58.4 Å². The molecule has 2 N–H and O–H groups in total. The quantitative estimate of drug-likeness (QED) is 0.871. The lowest BCUT2D eigenvalue weighted by molar-refractivity contribution is -0.117. The molecule has 2 aliphatic heterocycles. The molecule has 27 heavy (non-hydrogen) atoms. The minimum atomic E-state index is -0.111. The topological polar surface area (TPSA) is 74.3 Å². The van der Waals surface area contributed by atoms with Gasteiger partial charge in [-0.1, -0.05) is 0 Å². The Morgan fingerprint density at radius 3 is 2.81 bits per heavy atom. The van der Waals surface area contributed by atoms with E-state index >= 15 is 0 Å². The van der Waals surface area contributed by atoms with E-state index in [1.54, 1.807) is 17.0 Å². The first-order valence-electron chi connectivity index (χ1n) is 9.49. The summed E-state index contributed by atoms with van der Waals surface area (Å²) in [5.41, 5.74) is 6.09. The van der Waals surface area contributed by atoms with Crippen LogP contribution in [0.15, 0.2) is 30.5 Å². The van der Waals surface area contributed by atoms with Gasteiger partial charge in [0.25, 0.3) is 5.91 Å². The number of benzene rings is 1. The summed E-state index contributed by atoms with van der Waals surface area (Å²) >= 11 is 0. The van der Waals surface area contributed by atoms with Gasteiger partial charge >= 0.3 is 0 Å². The average molecular weight is 364 g/mol. The number of carbonyl (C=O) groups excluding carboxylic acids is 2. The number of nitrogens with zero attached hydrogens (tertiary/aromatic N) is 2. The Bertz CT molecular complexity index is 876. The van der Waals surface area contributed by atoms with E-state index < -0.39 is 0 Å². The number of hydrogen-bond acceptors (Lipinski definition) is 4. The van der Waals surface area contributed by atoms with Crippen LogP contribution in [0.5, 0.6) is 0 Å². The van der Waals surface area contributed by atoms with Crippen molar-refractivity contribution in [2.45, 2.75) is 39.3 Å². The highest BCUT2D eigenvalue weighted by Crippen LogP contribution is 2.22. The maximum absolute atomic E-state index is 12.6. The van der Waals surface area contributed by atoms with E-state index in [0.29, 0.717) is 18.5 Å². The van der Waals surface area contributed by atoms with Gasteiger partial charge in [0, 0.05) is 49.2 Å². The number of aromatic nitrogens is 1. The van der Waals surface area contributed by atoms with Crippen LogP contribution < -0.4 is 15.5 Å². The third-order valence-corrected chi connectivity index (χ3v) is 5.41. The molecule has 6 heteroatoms. The third kappa shape index (κ3) is 3.57. The van der Waals surface area contributed by atoms with Gasteiger partial charge < -0.3 is 15.5 Å². The van der Waals surface area contributed by atoms with Gasteiger partial charge in [0.05, 0.1) is 0 Å². The Morgan fingerprint density at radius 2 is 2.07 bits per heavy atom. The minimum absolute atomic E-state index is 0.111. The van der Waals surface area contributed by atoms with E-state index in [9.17, 15) is 9.59 Å². The van der Waals surface area contributed by atoms with Gasteiger partial charge in [-0.3, -0.25) is 14.6 Å². The van der Waals surface area contributed by atoms with E-state index in [4.69, 9.17) is 0 Å². The Labute approximate surface area is 159 Å². The molecule has 6 nitrogen and oxygen atoms in total. The monoisotopic (exact) mass is 364 g/mol. The fourth-order valence-corrected chi connectivity index (χ4v) is 3.86. The maximum atomic E-state index is 12.6. The second kappa shape index (κ2) is 7.48. The SMILES string of the molecule is Cc1ncc2c(c1CNC(=O)c1ccc(N3CCCC3=O)cc1)CCNC2. The van der Waals surface area contributed by atoms with Crippen LogP contribution >= 0.6 is 0 Å². The van der Waals surface area contributed by atoms with Gasteiger partial charge in [-0.15, -0.1) is 0 Å². The first-order chi connectivity index (χ1) is 13.1. The lowest BCUT2D eigenvalue weighted by Crippen LogP contribution is -2.29. The van der Waals surface area contributed by atoms with Crippen LogP contribution in [0, 0.1) is 6.92 Å². The lowest BCUT2D eigenvalue weighted by atomic mass is 9.96. The minimum Gasteiger partial charge on any atom is -0.348 e. The van der Waals surface area contributed by atoms with Gasteiger partial charge in [-0.2, -0.15) is 0 Å². The van der Waals surface area contributed by atoms with Crippen LogP contribution in [0.4, 0.5) is 5.69 Å².